The fraction of sp³-hybridized carbons (Fsp3) is 0.400. The van der Waals surface area contributed by atoms with Gasteiger partial charge in [0.2, 0.25) is 0 Å². The molecule has 1 aliphatic carbocycles. The lowest BCUT2D eigenvalue weighted by atomic mass is 9.78. The Morgan fingerprint density at radius 2 is 2.06 bits per heavy atom. The van der Waals surface area contributed by atoms with Gasteiger partial charge in [-0.15, -0.1) is 0 Å². The zero-order chi connectivity index (χ0) is 11.7. The summed E-state index contributed by atoms with van der Waals surface area (Å²) in [6, 6.07) is 8.46. The average molecular weight is 226 g/mol. The Morgan fingerprint density at radius 1 is 1.24 bits per heavy atom. The summed E-state index contributed by atoms with van der Waals surface area (Å²) in [5.41, 5.74) is 1.66. The second-order valence-electron chi connectivity index (χ2n) is 5.29. The lowest BCUT2D eigenvalue weighted by Gasteiger charge is -2.39. The normalized spacial score (nSPS) is 17.9. The Morgan fingerprint density at radius 3 is 2.82 bits per heavy atom. The maximum absolute atomic E-state index is 4.32. The number of rotatable bonds is 3. The van der Waals surface area contributed by atoms with Crippen LogP contribution >= 0.6 is 0 Å². The molecule has 88 valence electrons. The number of hydrogen-bond donors (Lipinski definition) is 1. The van der Waals surface area contributed by atoms with E-state index in [1.165, 1.54) is 35.6 Å². The van der Waals surface area contributed by atoms with E-state index in [1.807, 2.05) is 12.4 Å². The zero-order valence-electron chi connectivity index (χ0n) is 10.2. The van der Waals surface area contributed by atoms with Gasteiger partial charge >= 0.3 is 0 Å². The molecule has 0 saturated heterocycles. The zero-order valence-corrected chi connectivity index (χ0v) is 10.2. The van der Waals surface area contributed by atoms with Crippen molar-refractivity contribution in [2.24, 2.45) is 0 Å². The SMILES string of the molecule is CC1(NCc2cncc3ccccc23)CCC1. The van der Waals surface area contributed by atoms with Gasteiger partial charge in [0.15, 0.2) is 0 Å². The summed E-state index contributed by atoms with van der Waals surface area (Å²) in [7, 11) is 0. The Bertz CT molecular complexity index is 524. The summed E-state index contributed by atoms with van der Waals surface area (Å²) < 4.78 is 0. The molecule has 0 aliphatic heterocycles. The maximum atomic E-state index is 4.32. The molecule has 0 amide bonds. The first-order chi connectivity index (χ1) is 8.27. The van der Waals surface area contributed by atoms with Crippen LogP contribution in [0.15, 0.2) is 36.7 Å². The number of benzene rings is 1. The standard InChI is InChI=1S/C15H18N2/c1-15(7-4-8-15)17-11-13-10-16-9-12-5-2-3-6-14(12)13/h2-3,5-6,9-10,17H,4,7-8,11H2,1H3. The summed E-state index contributed by atoms with van der Waals surface area (Å²) >= 11 is 0. The molecule has 1 aromatic heterocycles. The number of nitrogens with zero attached hydrogens (tertiary/aromatic N) is 1. The van der Waals surface area contributed by atoms with Crippen LogP contribution in [0.25, 0.3) is 10.8 Å². The quantitative estimate of drug-likeness (QED) is 0.869. The molecule has 17 heavy (non-hydrogen) atoms. The van der Waals surface area contributed by atoms with Crippen LogP contribution in [0.2, 0.25) is 0 Å². The van der Waals surface area contributed by atoms with Crippen LogP contribution in [0.4, 0.5) is 0 Å². The highest BCUT2D eigenvalue weighted by Gasteiger charge is 2.30. The molecule has 2 heteroatoms. The minimum absolute atomic E-state index is 0.358. The molecule has 1 N–H and O–H groups in total. The van der Waals surface area contributed by atoms with E-state index >= 15 is 0 Å². The third-order valence-electron chi connectivity index (χ3n) is 3.91. The highest BCUT2D eigenvalue weighted by atomic mass is 15.0. The first-order valence-electron chi connectivity index (χ1n) is 6.34. The van der Waals surface area contributed by atoms with Crippen LogP contribution in [-0.4, -0.2) is 10.5 Å². The van der Waals surface area contributed by atoms with Crippen LogP contribution in [0, 0.1) is 0 Å². The van der Waals surface area contributed by atoms with Crippen molar-refractivity contribution in [3.63, 3.8) is 0 Å². The third-order valence-corrected chi connectivity index (χ3v) is 3.91. The fourth-order valence-corrected chi connectivity index (χ4v) is 2.51. The maximum Gasteiger partial charge on any atom is 0.0346 e. The number of hydrogen-bond acceptors (Lipinski definition) is 2. The number of fused-ring (bicyclic) bond motifs is 1. The Hall–Kier alpha value is -1.41. The molecule has 0 bridgehead atoms. The second-order valence-corrected chi connectivity index (χ2v) is 5.29. The van der Waals surface area contributed by atoms with Crippen LogP contribution in [0.5, 0.6) is 0 Å². The van der Waals surface area contributed by atoms with Crippen molar-refractivity contribution in [3.05, 3.63) is 42.2 Å². The van der Waals surface area contributed by atoms with Gasteiger partial charge in [0.25, 0.3) is 0 Å². The second kappa shape index (κ2) is 4.11. The van der Waals surface area contributed by atoms with E-state index in [4.69, 9.17) is 0 Å². The minimum Gasteiger partial charge on any atom is -0.307 e. The molecular formula is C15H18N2. The van der Waals surface area contributed by atoms with Gasteiger partial charge in [0, 0.05) is 29.9 Å². The lowest BCUT2D eigenvalue weighted by molar-refractivity contribution is 0.207. The number of pyridine rings is 1. The highest BCUT2D eigenvalue weighted by Crippen LogP contribution is 2.31. The van der Waals surface area contributed by atoms with Crippen LogP contribution in [0.1, 0.15) is 31.7 Å². The van der Waals surface area contributed by atoms with Crippen molar-refractivity contribution >= 4 is 10.8 Å². The van der Waals surface area contributed by atoms with Crippen molar-refractivity contribution in [3.8, 4) is 0 Å². The molecule has 1 saturated carbocycles. The summed E-state index contributed by atoms with van der Waals surface area (Å²) in [5.74, 6) is 0. The summed E-state index contributed by atoms with van der Waals surface area (Å²) in [6.07, 6.45) is 7.87. The van der Waals surface area contributed by atoms with E-state index in [9.17, 15) is 0 Å². The van der Waals surface area contributed by atoms with Gasteiger partial charge < -0.3 is 5.32 Å². The molecule has 0 unspecified atom stereocenters. The Balaban J connectivity index is 1.85. The first-order valence-corrected chi connectivity index (χ1v) is 6.34. The Labute approximate surface area is 102 Å². The summed E-state index contributed by atoms with van der Waals surface area (Å²) in [6.45, 7) is 3.24. The molecule has 0 spiro atoms. The monoisotopic (exact) mass is 226 g/mol. The van der Waals surface area contributed by atoms with Crippen molar-refractivity contribution < 1.29 is 0 Å². The molecule has 3 rings (SSSR count). The smallest absolute Gasteiger partial charge is 0.0346 e. The molecule has 0 radical (unpaired) electrons. The fourth-order valence-electron chi connectivity index (χ4n) is 2.51. The predicted octanol–water partition coefficient (Wildman–Crippen LogP) is 3.27. The van der Waals surface area contributed by atoms with E-state index in [-0.39, 0.29) is 0 Å². The van der Waals surface area contributed by atoms with Gasteiger partial charge in [0.1, 0.15) is 0 Å². The van der Waals surface area contributed by atoms with Crippen LogP contribution in [0.3, 0.4) is 0 Å². The van der Waals surface area contributed by atoms with E-state index in [0.717, 1.165) is 6.54 Å². The topological polar surface area (TPSA) is 24.9 Å². The van der Waals surface area contributed by atoms with Crippen molar-refractivity contribution in [2.45, 2.75) is 38.3 Å². The number of nitrogens with one attached hydrogen (secondary N) is 1. The van der Waals surface area contributed by atoms with Crippen LogP contribution < -0.4 is 5.32 Å². The van der Waals surface area contributed by atoms with E-state index in [1.54, 1.807) is 0 Å². The van der Waals surface area contributed by atoms with Crippen molar-refractivity contribution in [1.82, 2.24) is 10.3 Å². The van der Waals surface area contributed by atoms with Gasteiger partial charge in [-0.2, -0.15) is 0 Å². The molecule has 1 heterocycles. The molecule has 0 atom stereocenters. The summed E-state index contributed by atoms with van der Waals surface area (Å²) in [5, 5.41) is 6.21. The average Bonchev–Trinajstić information content (AvgIpc) is 2.34. The lowest BCUT2D eigenvalue weighted by Crippen LogP contribution is -2.47. The molecule has 1 aromatic carbocycles. The third kappa shape index (κ3) is 2.05. The van der Waals surface area contributed by atoms with Gasteiger partial charge in [-0.05, 0) is 37.1 Å². The van der Waals surface area contributed by atoms with Crippen LogP contribution in [-0.2, 0) is 6.54 Å². The highest BCUT2D eigenvalue weighted by molar-refractivity contribution is 5.84. The molecule has 2 aromatic rings. The molecule has 1 aliphatic rings. The van der Waals surface area contributed by atoms with Crippen molar-refractivity contribution in [1.29, 1.82) is 0 Å². The first kappa shape index (κ1) is 10.7. The van der Waals surface area contributed by atoms with E-state index in [2.05, 4.69) is 41.5 Å². The van der Waals surface area contributed by atoms with Gasteiger partial charge in [-0.3, -0.25) is 4.98 Å². The molecule has 1 fully saturated rings. The van der Waals surface area contributed by atoms with Gasteiger partial charge in [-0.25, -0.2) is 0 Å². The van der Waals surface area contributed by atoms with Gasteiger partial charge in [-0.1, -0.05) is 24.3 Å². The number of aromatic nitrogens is 1. The Kier molecular flexibility index (Phi) is 2.60. The summed E-state index contributed by atoms with van der Waals surface area (Å²) in [4.78, 5) is 4.32. The van der Waals surface area contributed by atoms with E-state index in [0.29, 0.717) is 5.54 Å². The predicted molar refractivity (Wildman–Crippen MR) is 70.8 cm³/mol. The molecular weight excluding hydrogens is 208 g/mol. The van der Waals surface area contributed by atoms with Crippen molar-refractivity contribution in [2.75, 3.05) is 0 Å². The largest absolute Gasteiger partial charge is 0.307 e. The minimum atomic E-state index is 0.358. The van der Waals surface area contributed by atoms with E-state index < -0.39 is 0 Å². The molecule has 2 nitrogen and oxygen atoms in total. The van der Waals surface area contributed by atoms with Gasteiger partial charge in [0.05, 0.1) is 0 Å².